The highest BCUT2D eigenvalue weighted by molar-refractivity contribution is 5.28. The summed E-state index contributed by atoms with van der Waals surface area (Å²) >= 11 is 0. The van der Waals surface area contributed by atoms with Gasteiger partial charge >= 0.3 is 0 Å². The van der Waals surface area contributed by atoms with Crippen LogP contribution in [-0.2, 0) is 0 Å². The van der Waals surface area contributed by atoms with Crippen molar-refractivity contribution in [3.63, 3.8) is 0 Å². The highest BCUT2D eigenvalue weighted by atomic mass is 14.3. The minimum atomic E-state index is 0.726. The van der Waals surface area contributed by atoms with Gasteiger partial charge in [-0.3, -0.25) is 0 Å². The van der Waals surface area contributed by atoms with Crippen LogP contribution in [0.15, 0.2) is 24.3 Å². The molecule has 0 nitrogen and oxygen atoms in total. The van der Waals surface area contributed by atoms with Crippen LogP contribution in [-0.4, -0.2) is 0 Å². The molecule has 3 aliphatic carbocycles. The highest BCUT2D eigenvalue weighted by Gasteiger charge is 2.26. The van der Waals surface area contributed by atoms with Crippen molar-refractivity contribution in [1.29, 1.82) is 0 Å². The lowest BCUT2D eigenvalue weighted by Gasteiger charge is -2.33. The van der Waals surface area contributed by atoms with Gasteiger partial charge in [0.1, 0.15) is 0 Å². The monoisotopic (exact) mass is 478 g/mol. The Morgan fingerprint density at radius 1 is 0.543 bits per heavy atom. The van der Waals surface area contributed by atoms with E-state index >= 15 is 0 Å². The van der Waals surface area contributed by atoms with E-state index in [-0.39, 0.29) is 0 Å². The molecule has 3 saturated carbocycles. The molecule has 35 heavy (non-hydrogen) atoms. The Morgan fingerprint density at radius 3 is 1.40 bits per heavy atom. The van der Waals surface area contributed by atoms with E-state index in [9.17, 15) is 0 Å². The normalized spacial score (nSPS) is 32.9. The smallest absolute Gasteiger partial charge is 0.0162 e. The zero-order chi connectivity index (χ0) is 24.5. The van der Waals surface area contributed by atoms with Gasteiger partial charge < -0.3 is 0 Å². The molecule has 4 rings (SSSR count). The van der Waals surface area contributed by atoms with Crippen molar-refractivity contribution in [2.24, 2.45) is 29.6 Å². The summed E-state index contributed by atoms with van der Waals surface area (Å²) < 4.78 is 0. The maximum absolute atomic E-state index is 2.49. The molecule has 0 spiro atoms. The molecule has 198 valence electrons. The summed E-state index contributed by atoms with van der Waals surface area (Å²) in [5.41, 5.74) is 3.21. The molecule has 0 heterocycles. The molecule has 0 bridgehead atoms. The molecule has 0 aliphatic heterocycles. The molecular formula is C35H58. The van der Waals surface area contributed by atoms with Gasteiger partial charge in [0.15, 0.2) is 0 Å². The summed E-state index contributed by atoms with van der Waals surface area (Å²) in [4.78, 5) is 0. The van der Waals surface area contributed by atoms with Crippen LogP contribution in [0.25, 0.3) is 0 Å². The van der Waals surface area contributed by atoms with Crippen molar-refractivity contribution in [2.45, 2.75) is 155 Å². The number of benzene rings is 1. The van der Waals surface area contributed by atoms with Crippen LogP contribution in [0.5, 0.6) is 0 Å². The standard InChI is InChI=1S/C35H58/c1-4-6-28-8-10-30(11-9-28)12-13-31-14-16-32(17-15-31)26-27(3)33-22-24-35(25-23-33)34-20-18-29(7-5-2)19-21-34/h22-25,27-32,34H,4-21,26H2,1-3H3/t27-,28?,29?,30?,31?,32?,34?/m1/s1. The first-order chi connectivity index (χ1) is 17.1. The van der Waals surface area contributed by atoms with Crippen LogP contribution in [0.1, 0.15) is 166 Å². The van der Waals surface area contributed by atoms with Gasteiger partial charge in [0.25, 0.3) is 0 Å². The first kappa shape index (κ1) is 27.3. The molecule has 0 N–H and O–H groups in total. The predicted molar refractivity (Wildman–Crippen MR) is 154 cm³/mol. The van der Waals surface area contributed by atoms with Crippen LogP contribution >= 0.6 is 0 Å². The van der Waals surface area contributed by atoms with Crippen LogP contribution in [0.3, 0.4) is 0 Å². The number of hydrogen-bond acceptors (Lipinski definition) is 0. The Kier molecular flexibility index (Phi) is 11.1. The van der Waals surface area contributed by atoms with Gasteiger partial charge in [-0.2, -0.15) is 0 Å². The SMILES string of the molecule is CCCC1CCC(CCC2CCC(C[C@@H](C)c3ccc(C4CCC(CCC)CC4)cc3)CC2)CC1. The van der Waals surface area contributed by atoms with E-state index in [1.54, 1.807) is 11.1 Å². The Bertz CT molecular complexity index is 677. The summed E-state index contributed by atoms with van der Waals surface area (Å²) in [6, 6.07) is 9.95. The van der Waals surface area contributed by atoms with Gasteiger partial charge in [-0.15, -0.1) is 0 Å². The van der Waals surface area contributed by atoms with Crippen molar-refractivity contribution in [3.05, 3.63) is 35.4 Å². The molecule has 3 aliphatic rings. The molecule has 0 amide bonds. The second kappa shape index (κ2) is 14.2. The molecule has 1 atom stereocenters. The van der Waals surface area contributed by atoms with Crippen molar-refractivity contribution < 1.29 is 0 Å². The molecule has 1 aromatic carbocycles. The average molecular weight is 479 g/mol. The average Bonchev–Trinajstić information content (AvgIpc) is 2.90. The second-order valence-electron chi connectivity index (χ2n) is 13.4. The summed E-state index contributed by atoms with van der Waals surface area (Å²) in [6.07, 6.45) is 28.1. The Balaban J connectivity index is 1.13. The minimum absolute atomic E-state index is 0.726. The van der Waals surface area contributed by atoms with Crippen LogP contribution in [0.2, 0.25) is 0 Å². The molecule has 0 aromatic heterocycles. The van der Waals surface area contributed by atoms with E-state index in [0.29, 0.717) is 0 Å². The third-order valence-electron chi connectivity index (χ3n) is 10.8. The topological polar surface area (TPSA) is 0 Å². The maximum Gasteiger partial charge on any atom is -0.0162 e. The third-order valence-corrected chi connectivity index (χ3v) is 10.8. The second-order valence-corrected chi connectivity index (χ2v) is 13.4. The lowest BCUT2D eigenvalue weighted by molar-refractivity contribution is 0.207. The van der Waals surface area contributed by atoms with Gasteiger partial charge in [0.2, 0.25) is 0 Å². The lowest BCUT2D eigenvalue weighted by Crippen LogP contribution is -2.19. The lowest BCUT2D eigenvalue weighted by atomic mass is 9.73. The molecule has 0 radical (unpaired) electrons. The maximum atomic E-state index is 2.49. The van der Waals surface area contributed by atoms with Gasteiger partial charge in [0, 0.05) is 0 Å². The van der Waals surface area contributed by atoms with E-state index < -0.39 is 0 Å². The minimum Gasteiger partial charge on any atom is -0.0654 e. The molecule has 1 aromatic rings. The molecule has 0 saturated heterocycles. The van der Waals surface area contributed by atoms with Crippen molar-refractivity contribution in [1.82, 2.24) is 0 Å². The zero-order valence-corrected chi connectivity index (χ0v) is 23.8. The molecule has 3 fully saturated rings. The Morgan fingerprint density at radius 2 is 0.943 bits per heavy atom. The Labute approximate surface area is 219 Å². The van der Waals surface area contributed by atoms with Crippen LogP contribution in [0.4, 0.5) is 0 Å². The van der Waals surface area contributed by atoms with Crippen molar-refractivity contribution >= 4 is 0 Å². The summed E-state index contributed by atoms with van der Waals surface area (Å²) in [5.74, 6) is 6.71. The first-order valence-corrected chi connectivity index (χ1v) is 16.2. The summed E-state index contributed by atoms with van der Waals surface area (Å²) in [7, 11) is 0. The summed E-state index contributed by atoms with van der Waals surface area (Å²) in [5, 5.41) is 0. The van der Waals surface area contributed by atoms with Gasteiger partial charge in [-0.1, -0.05) is 135 Å². The zero-order valence-electron chi connectivity index (χ0n) is 23.8. The fourth-order valence-corrected chi connectivity index (χ4v) is 8.37. The van der Waals surface area contributed by atoms with E-state index in [4.69, 9.17) is 0 Å². The van der Waals surface area contributed by atoms with Crippen molar-refractivity contribution in [3.8, 4) is 0 Å². The Hall–Kier alpha value is -0.780. The third kappa shape index (κ3) is 8.36. The quantitative estimate of drug-likeness (QED) is 0.296. The number of hydrogen-bond donors (Lipinski definition) is 0. The first-order valence-electron chi connectivity index (χ1n) is 16.2. The van der Waals surface area contributed by atoms with E-state index in [1.807, 2.05) is 0 Å². The highest BCUT2D eigenvalue weighted by Crippen LogP contribution is 2.41. The molecule has 0 unspecified atom stereocenters. The van der Waals surface area contributed by atoms with Crippen LogP contribution in [0, 0.1) is 29.6 Å². The fraction of sp³-hybridized carbons (Fsp3) is 0.829. The van der Waals surface area contributed by atoms with E-state index in [0.717, 1.165) is 41.4 Å². The van der Waals surface area contributed by atoms with E-state index in [2.05, 4.69) is 45.0 Å². The number of rotatable bonds is 11. The van der Waals surface area contributed by atoms with Crippen LogP contribution < -0.4 is 0 Å². The molecular weight excluding hydrogens is 420 g/mol. The fourth-order valence-electron chi connectivity index (χ4n) is 8.37. The van der Waals surface area contributed by atoms with Gasteiger partial charge in [-0.05, 0) is 84.7 Å². The van der Waals surface area contributed by atoms with Gasteiger partial charge in [-0.25, -0.2) is 0 Å². The van der Waals surface area contributed by atoms with Crippen molar-refractivity contribution in [2.75, 3.05) is 0 Å². The van der Waals surface area contributed by atoms with Gasteiger partial charge in [0.05, 0.1) is 0 Å². The van der Waals surface area contributed by atoms with E-state index in [1.165, 1.54) is 122 Å². The molecule has 0 heteroatoms. The largest absolute Gasteiger partial charge is 0.0654 e. The summed E-state index contributed by atoms with van der Waals surface area (Å²) in [6.45, 7) is 7.20. The predicted octanol–water partition coefficient (Wildman–Crippen LogP) is 11.4.